The van der Waals surface area contributed by atoms with Crippen LogP contribution in [0.4, 0.5) is 0 Å². The molecule has 1 N–H and O–H groups in total. The van der Waals surface area contributed by atoms with Gasteiger partial charge in [0.05, 0.1) is 25.2 Å². The van der Waals surface area contributed by atoms with Gasteiger partial charge in [0.1, 0.15) is 0 Å². The van der Waals surface area contributed by atoms with Gasteiger partial charge in [0.15, 0.2) is 5.96 Å². The van der Waals surface area contributed by atoms with Crippen LogP contribution in [0.3, 0.4) is 0 Å². The number of carbonyl (C=O) groups excluding carboxylic acids is 1. The molecular weight excluding hydrogens is 382 g/mol. The summed E-state index contributed by atoms with van der Waals surface area (Å²) in [6.07, 6.45) is 3.90. The fourth-order valence-corrected chi connectivity index (χ4v) is 3.91. The molecule has 0 bridgehead atoms. The van der Waals surface area contributed by atoms with E-state index in [-0.39, 0.29) is 11.9 Å². The summed E-state index contributed by atoms with van der Waals surface area (Å²) in [5, 5.41) is 3.44. The van der Waals surface area contributed by atoms with Crippen LogP contribution in [0.15, 0.2) is 29.3 Å². The minimum Gasteiger partial charge on any atom is -0.466 e. The standard InChI is InChI=1S/C23H35N3O4/c1-3-29-22(27)20-8-12-26(13-9-20)23(24-2)25-16-18-4-6-19(7-5-18)17-30-21-10-14-28-15-11-21/h4-7,20-21H,3,8-17H2,1-2H3,(H,24,25). The first kappa shape index (κ1) is 22.6. The maximum Gasteiger partial charge on any atom is 0.309 e. The van der Waals surface area contributed by atoms with Crippen molar-refractivity contribution in [2.45, 2.75) is 51.9 Å². The molecule has 0 amide bonds. The van der Waals surface area contributed by atoms with Crippen LogP contribution in [0, 0.1) is 5.92 Å². The normalized spacial score (nSPS) is 19.0. The van der Waals surface area contributed by atoms with E-state index < -0.39 is 0 Å². The predicted octanol–water partition coefficient (Wildman–Crippen LogP) is 2.73. The Morgan fingerprint density at radius 2 is 1.80 bits per heavy atom. The minimum atomic E-state index is -0.0685. The van der Waals surface area contributed by atoms with Crippen molar-refractivity contribution in [3.05, 3.63) is 35.4 Å². The molecule has 2 aliphatic heterocycles. The lowest BCUT2D eigenvalue weighted by Gasteiger charge is -2.33. The molecule has 2 aliphatic rings. The molecule has 0 aliphatic carbocycles. The fraction of sp³-hybridized carbons (Fsp3) is 0.652. The monoisotopic (exact) mass is 417 g/mol. The van der Waals surface area contributed by atoms with Crippen LogP contribution in [-0.4, -0.2) is 62.9 Å². The average molecular weight is 418 g/mol. The molecule has 7 nitrogen and oxygen atoms in total. The highest BCUT2D eigenvalue weighted by molar-refractivity contribution is 5.80. The summed E-state index contributed by atoms with van der Waals surface area (Å²) in [4.78, 5) is 18.5. The number of benzene rings is 1. The Kier molecular flexibility index (Phi) is 8.96. The van der Waals surface area contributed by atoms with E-state index in [1.165, 1.54) is 11.1 Å². The molecule has 2 heterocycles. The molecule has 2 saturated heterocycles. The molecule has 0 unspecified atom stereocenters. The second-order valence-corrected chi connectivity index (χ2v) is 7.85. The second kappa shape index (κ2) is 11.9. The van der Waals surface area contributed by atoms with E-state index in [0.29, 0.717) is 25.9 Å². The van der Waals surface area contributed by atoms with Crippen LogP contribution < -0.4 is 5.32 Å². The number of hydrogen-bond donors (Lipinski definition) is 1. The number of aliphatic imine (C=N–C) groups is 1. The number of nitrogens with one attached hydrogen (secondary N) is 1. The summed E-state index contributed by atoms with van der Waals surface area (Å²) in [5.74, 6) is 0.820. The van der Waals surface area contributed by atoms with Gasteiger partial charge in [-0.3, -0.25) is 9.79 Å². The van der Waals surface area contributed by atoms with Gasteiger partial charge in [0.2, 0.25) is 0 Å². The zero-order valence-electron chi connectivity index (χ0n) is 18.3. The van der Waals surface area contributed by atoms with Crippen molar-refractivity contribution < 1.29 is 19.0 Å². The number of rotatable bonds is 7. The molecule has 7 heteroatoms. The number of nitrogens with zero attached hydrogens (tertiary/aromatic N) is 2. The van der Waals surface area contributed by atoms with E-state index in [1.54, 1.807) is 7.05 Å². The zero-order chi connectivity index (χ0) is 21.2. The molecule has 0 saturated carbocycles. The maximum absolute atomic E-state index is 11.9. The predicted molar refractivity (Wildman–Crippen MR) is 116 cm³/mol. The van der Waals surface area contributed by atoms with Gasteiger partial charge in [-0.25, -0.2) is 0 Å². The first-order chi connectivity index (χ1) is 14.7. The lowest BCUT2D eigenvalue weighted by Crippen LogP contribution is -2.46. The fourth-order valence-electron chi connectivity index (χ4n) is 3.91. The lowest BCUT2D eigenvalue weighted by molar-refractivity contribution is -0.149. The highest BCUT2D eigenvalue weighted by atomic mass is 16.5. The third-order valence-corrected chi connectivity index (χ3v) is 5.75. The molecule has 0 radical (unpaired) electrons. The van der Waals surface area contributed by atoms with Gasteiger partial charge in [0.25, 0.3) is 0 Å². The Hall–Kier alpha value is -2.12. The molecule has 0 spiro atoms. The highest BCUT2D eigenvalue weighted by Gasteiger charge is 2.27. The van der Waals surface area contributed by atoms with Crippen LogP contribution in [0.5, 0.6) is 0 Å². The van der Waals surface area contributed by atoms with Gasteiger partial charge in [0, 0.05) is 39.9 Å². The summed E-state index contributed by atoms with van der Waals surface area (Å²) in [6.45, 7) is 6.89. The summed E-state index contributed by atoms with van der Waals surface area (Å²) < 4.78 is 16.5. The topological polar surface area (TPSA) is 72.4 Å². The molecule has 30 heavy (non-hydrogen) atoms. The van der Waals surface area contributed by atoms with Crippen LogP contribution in [0.1, 0.15) is 43.7 Å². The smallest absolute Gasteiger partial charge is 0.309 e. The van der Waals surface area contributed by atoms with Crippen LogP contribution in [0.25, 0.3) is 0 Å². The first-order valence-electron chi connectivity index (χ1n) is 11.1. The van der Waals surface area contributed by atoms with Crippen LogP contribution in [0.2, 0.25) is 0 Å². The number of carbonyl (C=O) groups is 1. The summed E-state index contributed by atoms with van der Waals surface area (Å²) in [5.41, 5.74) is 2.39. The van der Waals surface area contributed by atoms with Gasteiger partial charge in [-0.15, -0.1) is 0 Å². The number of esters is 1. The molecule has 1 aromatic carbocycles. The SMILES string of the molecule is CCOC(=O)C1CCN(C(=NC)NCc2ccc(COC3CCOCC3)cc2)CC1. The van der Waals surface area contributed by atoms with Crippen molar-refractivity contribution in [2.24, 2.45) is 10.9 Å². The third-order valence-electron chi connectivity index (χ3n) is 5.75. The summed E-state index contributed by atoms with van der Waals surface area (Å²) >= 11 is 0. The average Bonchev–Trinajstić information content (AvgIpc) is 2.80. The molecule has 166 valence electrons. The number of guanidine groups is 1. The molecular formula is C23H35N3O4. The molecule has 1 aromatic rings. The van der Waals surface area contributed by atoms with E-state index >= 15 is 0 Å². The van der Waals surface area contributed by atoms with E-state index in [2.05, 4.69) is 39.5 Å². The van der Waals surface area contributed by atoms with Crippen LogP contribution in [-0.2, 0) is 32.2 Å². The van der Waals surface area contributed by atoms with E-state index in [4.69, 9.17) is 14.2 Å². The Morgan fingerprint density at radius 1 is 1.13 bits per heavy atom. The van der Waals surface area contributed by atoms with Gasteiger partial charge in [-0.1, -0.05) is 24.3 Å². The first-order valence-corrected chi connectivity index (χ1v) is 11.1. The molecule has 0 aromatic heterocycles. The number of likely N-dealkylation sites (tertiary alicyclic amines) is 1. The van der Waals surface area contributed by atoms with Crippen molar-refractivity contribution in [1.82, 2.24) is 10.2 Å². The maximum atomic E-state index is 11.9. The van der Waals surface area contributed by atoms with E-state index in [9.17, 15) is 4.79 Å². The van der Waals surface area contributed by atoms with Gasteiger partial charge >= 0.3 is 5.97 Å². The minimum absolute atomic E-state index is 0.00945. The molecule has 2 fully saturated rings. The Labute approximate surface area is 179 Å². The second-order valence-electron chi connectivity index (χ2n) is 7.85. The van der Waals surface area contributed by atoms with E-state index in [1.807, 2.05) is 6.92 Å². The van der Waals surface area contributed by atoms with Crippen molar-refractivity contribution in [3.8, 4) is 0 Å². The van der Waals surface area contributed by atoms with Crippen molar-refractivity contribution in [1.29, 1.82) is 0 Å². The molecule has 3 rings (SSSR count). The zero-order valence-corrected chi connectivity index (χ0v) is 18.3. The van der Waals surface area contributed by atoms with Crippen molar-refractivity contribution in [3.63, 3.8) is 0 Å². The largest absolute Gasteiger partial charge is 0.466 e. The van der Waals surface area contributed by atoms with Gasteiger partial charge in [-0.2, -0.15) is 0 Å². The van der Waals surface area contributed by atoms with Gasteiger partial charge < -0.3 is 24.4 Å². The summed E-state index contributed by atoms with van der Waals surface area (Å²) in [7, 11) is 1.80. The quantitative estimate of drug-likeness (QED) is 0.418. The van der Waals surface area contributed by atoms with Crippen molar-refractivity contribution >= 4 is 11.9 Å². The summed E-state index contributed by atoms with van der Waals surface area (Å²) in [6, 6.07) is 8.53. The van der Waals surface area contributed by atoms with Gasteiger partial charge in [-0.05, 0) is 43.7 Å². The Morgan fingerprint density at radius 3 is 2.43 bits per heavy atom. The Bertz CT molecular complexity index is 678. The number of piperidine rings is 1. The van der Waals surface area contributed by atoms with Crippen molar-refractivity contribution in [2.75, 3.05) is 40.0 Å². The molecule has 0 atom stereocenters. The van der Waals surface area contributed by atoms with E-state index in [0.717, 1.165) is 57.9 Å². The van der Waals surface area contributed by atoms with Crippen LogP contribution >= 0.6 is 0 Å². The lowest BCUT2D eigenvalue weighted by atomic mass is 9.97. The highest BCUT2D eigenvalue weighted by Crippen LogP contribution is 2.19. The third kappa shape index (κ3) is 6.71. The number of hydrogen-bond acceptors (Lipinski definition) is 5. The Balaban J connectivity index is 1.41. The number of ether oxygens (including phenoxy) is 3.